The van der Waals surface area contributed by atoms with E-state index in [-0.39, 0.29) is 10.8 Å². The molecular weight excluding hydrogens is 1440 g/mol. The van der Waals surface area contributed by atoms with Crippen LogP contribution >= 0.6 is 0 Å². The number of furan rings is 2. The Hall–Kier alpha value is -11.5. The van der Waals surface area contributed by atoms with E-state index in [1.54, 1.807) is 16.7 Å². The van der Waals surface area contributed by atoms with Crippen LogP contribution in [0.25, 0.3) is 122 Å². The minimum Gasteiger partial charge on any atom is -0.456 e. The molecule has 0 amide bonds. The van der Waals surface area contributed by atoms with E-state index in [2.05, 4.69) is 318 Å². The number of unbranched alkanes of at least 4 members (excludes halogenated alkanes) is 16. The highest BCUT2D eigenvalue weighted by Crippen LogP contribution is 2.72. The number of nitrogens with zero attached hydrogens (tertiary/aromatic N) is 1. The van der Waals surface area contributed by atoms with Gasteiger partial charge in [-0.25, -0.2) is 0 Å². The van der Waals surface area contributed by atoms with Crippen molar-refractivity contribution in [1.82, 2.24) is 0 Å². The third kappa shape index (κ3) is 10.9. The Balaban J connectivity index is 0.811. The summed E-state index contributed by atoms with van der Waals surface area (Å²) in [4.78, 5) is 2.68. The summed E-state index contributed by atoms with van der Waals surface area (Å²) in [5.74, 6) is 0. The molecule has 0 bridgehead atoms. The number of benzene rings is 14. The molecular formula is C116H107NO2. The average molecular weight is 1550 g/mol. The molecule has 0 aliphatic heterocycles. The molecule has 3 heteroatoms. The number of para-hydroxylation sites is 2. The van der Waals surface area contributed by atoms with Crippen LogP contribution < -0.4 is 4.90 Å². The van der Waals surface area contributed by atoms with Crippen LogP contribution in [0.3, 0.4) is 0 Å². The van der Waals surface area contributed by atoms with Crippen molar-refractivity contribution in [3.63, 3.8) is 0 Å². The van der Waals surface area contributed by atoms with E-state index in [1.165, 1.54) is 278 Å². The van der Waals surface area contributed by atoms with Crippen LogP contribution in [-0.2, 0) is 21.7 Å². The number of hydrogen-bond donors (Lipinski definition) is 0. The summed E-state index contributed by atoms with van der Waals surface area (Å²) in [7, 11) is 0. The molecule has 0 N–H and O–H groups in total. The van der Waals surface area contributed by atoms with Gasteiger partial charge in [0.05, 0.1) is 10.8 Å². The second-order valence-corrected chi connectivity index (χ2v) is 36.0. The fourth-order valence-electron chi connectivity index (χ4n) is 24.6. The molecule has 2 heterocycles. The third-order valence-corrected chi connectivity index (χ3v) is 29.6. The van der Waals surface area contributed by atoms with Gasteiger partial charge in [0.1, 0.15) is 22.3 Å². The number of rotatable bonds is 28. The lowest BCUT2D eigenvalue weighted by Gasteiger charge is -2.40. The van der Waals surface area contributed by atoms with Gasteiger partial charge in [-0.2, -0.15) is 0 Å². The van der Waals surface area contributed by atoms with Gasteiger partial charge in [0.25, 0.3) is 0 Å². The molecule has 3 nitrogen and oxygen atoms in total. The molecule has 0 unspecified atom stereocenters. The molecule has 6 aliphatic rings. The van der Waals surface area contributed by atoms with Gasteiger partial charge < -0.3 is 13.7 Å². The van der Waals surface area contributed by atoms with E-state index >= 15 is 0 Å². The molecule has 6 aliphatic carbocycles. The maximum atomic E-state index is 7.77. The van der Waals surface area contributed by atoms with Crippen molar-refractivity contribution in [2.45, 2.75) is 203 Å². The first-order valence-electron chi connectivity index (χ1n) is 45.8. The number of anilines is 3. The predicted octanol–water partition coefficient (Wildman–Crippen LogP) is 33.3. The van der Waals surface area contributed by atoms with E-state index in [0.29, 0.717) is 0 Å². The maximum absolute atomic E-state index is 7.77. The third-order valence-electron chi connectivity index (χ3n) is 29.6. The largest absolute Gasteiger partial charge is 0.456 e. The fraction of sp³-hybridized carbons (Fsp3) is 0.276. The first-order valence-corrected chi connectivity index (χ1v) is 45.8. The molecule has 16 aromatic rings. The van der Waals surface area contributed by atoms with Gasteiger partial charge in [-0.3, -0.25) is 0 Å². The van der Waals surface area contributed by atoms with Crippen LogP contribution in [0.4, 0.5) is 17.1 Å². The van der Waals surface area contributed by atoms with Crippen molar-refractivity contribution in [2.75, 3.05) is 4.90 Å². The Labute approximate surface area is 703 Å². The lowest BCUT2D eigenvalue weighted by Crippen LogP contribution is -2.33. The Morgan fingerprint density at radius 3 is 1.18 bits per heavy atom. The average Bonchev–Trinajstić information content (AvgIpc) is 1.49. The van der Waals surface area contributed by atoms with E-state index in [9.17, 15) is 0 Å². The van der Waals surface area contributed by atoms with E-state index in [0.717, 1.165) is 64.8 Å². The standard InChI is InChI=1S/C116H107NO2/c1-5-9-13-17-38-68-113(69-39-18-14-10-6-2)92-51-31-28-48-86(92)107-108-89-50-30-37-57-103(89)119-112(108)109-87-65-63-79(72-98(87)114(111(109)110(107)113,70-40-19-15-11-7-3)71-41-20-16-12-8-4)117(78-60-58-77(59-61-78)76-42-22-21-23-43-76)80-62-64-85-90-74-101-91(75-100(90)116(99(85)73-80)95-54-34-26-46-83(95)84-47-27-35-55-96(84)116)105-97(66-67-104-106(105)88-49-29-36-56-102(88)118-104)115(101)93-52-32-24-44-81(93)82-45-25-33-53-94(82)115/h21-37,42-67,72-75H,5-20,38-41,68-71H2,1-4H3. The molecule has 22 rings (SSSR count). The van der Waals surface area contributed by atoms with Crippen molar-refractivity contribution in [2.24, 2.45) is 0 Å². The normalized spacial score (nSPS) is 14.8. The number of hydrogen-bond acceptors (Lipinski definition) is 3. The Kier molecular flexibility index (Phi) is 18.5. The van der Waals surface area contributed by atoms with Crippen molar-refractivity contribution >= 4 is 60.9 Å². The zero-order valence-electron chi connectivity index (χ0n) is 69.9. The van der Waals surface area contributed by atoms with Gasteiger partial charge >= 0.3 is 0 Å². The molecule has 0 saturated heterocycles. The van der Waals surface area contributed by atoms with Crippen LogP contribution in [0.1, 0.15) is 249 Å². The van der Waals surface area contributed by atoms with Gasteiger partial charge in [-0.15, -0.1) is 0 Å². The van der Waals surface area contributed by atoms with Gasteiger partial charge in [-0.1, -0.05) is 375 Å². The Bertz CT molecular complexity index is 6530. The van der Waals surface area contributed by atoms with Crippen molar-refractivity contribution in [3.8, 4) is 77.9 Å². The smallest absolute Gasteiger partial charge is 0.144 e. The molecule has 2 spiro atoms. The molecule has 14 aromatic carbocycles. The van der Waals surface area contributed by atoms with Gasteiger partial charge in [0.15, 0.2) is 0 Å². The second kappa shape index (κ2) is 29.8. The highest BCUT2D eigenvalue weighted by molar-refractivity contribution is 6.22. The molecule has 2 aromatic heterocycles. The van der Waals surface area contributed by atoms with Crippen molar-refractivity contribution in [3.05, 3.63) is 352 Å². The van der Waals surface area contributed by atoms with E-state index < -0.39 is 10.8 Å². The van der Waals surface area contributed by atoms with E-state index in [1.807, 2.05) is 0 Å². The van der Waals surface area contributed by atoms with Crippen LogP contribution in [0.5, 0.6) is 0 Å². The first-order chi connectivity index (χ1) is 58.9. The maximum Gasteiger partial charge on any atom is 0.144 e. The summed E-state index contributed by atoms with van der Waals surface area (Å²) in [6, 6.07) is 112. The summed E-state index contributed by atoms with van der Waals surface area (Å²) in [5.41, 5.74) is 40.9. The Morgan fingerprint density at radius 1 is 0.235 bits per heavy atom. The molecule has 0 atom stereocenters. The van der Waals surface area contributed by atoms with Crippen molar-refractivity contribution < 1.29 is 8.83 Å². The summed E-state index contributed by atoms with van der Waals surface area (Å²) in [6.07, 6.45) is 29.3. The first kappa shape index (κ1) is 73.8. The van der Waals surface area contributed by atoms with E-state index in [4.69, 9.17) is 8.83 Å². The van der Waals surface area contributed by atoms with Crippen LogP contribution in [-0.4, -0.2) is 0 Å². The quantitative estimate of drug-likeness (QED) is 0.0458. The highest BCUT2D eigenvalue weighted by atomic mass is 16.3. The zero-order chi connectivity index (χ0) is 79.6. The van der Waals surface area contributed by atoms with Crippen LogP contribution in [0.2, 0.25) is 0 Å². The SMILES string of the molecule is CCCCCCCC1(CCCCCCC)c2cc(N(c3ccc(-c4ccccc4)cc3)c3ccc4c(c3)C3(c5ccccc5-c5ccccc53)c3cc5c(cc3-4)C3(c4ccccc4-c4ccccc43)c3ccc4oc6ccccc6c4c3-5)ccc2-c2c1c1c(c3c2oc2ccccc23)-c2ccccc2C1(CCCCCCC)CCCCCCC. The zero-order valence-corrected chi connectivity index (χ0v) is 69.9. The predicted molar refractivity (Wildman–Crippen MR) is 500 cm³/mol. The van der Waals surface area contributed by atoms with Gasteiger partial charge in [-0.05, 0) is 231 Å². The lowest BCUT2D eigenvalue weighted by atomic mass is 9.62. The van der Waals surface area contributed by atoms with Gasteiger partial charge in [0.2, 0.25) is 0 Å². The molecule has 588 valence electrons. The molecule has 0 saturated carbocycles. The Morgan fingerprint density at radius 2 is 0.622 bits per heavy atom. The summed E-state index contributed by atoms with van der Waals surface area (Å²) >= 11 is 0. The van der Waals surface area contributed by atoms with Crippen LogP contribution in [0, 0.1) is 0 Å². The second-order valence-electron chi connectivity index (χ2n) is 36.0. The minimum atomic E-state index is -0.710. The van der Waals surface area contributed by atoms with Crippen LogP contribution in [0.15, 0.2) is 294 Å². The molecule has 119 heavy (non-hydrogen) atoms. The monoisotopic (exact) mass is 1550 g/mol. The summed E-state index contributed by atoms with van der Waals surface area (Å²) in [5, 5.41) is 4.91. The lowest BCUT2D eigenvalue weighted by molar-refractivity contribution is 0.369. The van der Waals surface area contributed by atoms with Crippen molar-refractivity contribution in [1.29, 1.82) is 0 Å². The summed E-state index contributed by atoms with van der Waals surface area (Å²) < 4.78 is 14.7. The highest BCUT2D eigenvalue weighted by Gasteiger charge is 2.59. The molecule has 0 fully saturated rings. The molecule has 0 radical (unpaired) electrons. The topological polar surface area (TPSA) is 29.5 Å². The fourth-order valence-corrected chi connectivity index (χ4v) is 24.6. The minimum absolute atomic E-state index is 0.181. The number of fused-ring (bicyclic) bond motifs is 36. The van der Waals surface area contributed by atoms with Gasteiger partial charge in [0, 0.05) is 55.0 Å². The summed E-state index contributed by atoms with van der Waals surface area (Å²) in [6.45, 7) is 9.51.